The number of hydrogen-bond acceptors (Lipinski definition) is 10. The fourth-order valence-electron chi connectivity index (χ4n) is 5.33. The third-order valence-corrected chi connectivity index (χ3v) is 11.7. The maximum atomic E-state index is 15.8. The average Bonchev–Trinajstić information content (AvgIpc) is 3.50. The highest BCUT2D eigenvalue weighted by Crippen LogP contribution is 2.34. The number of imidazole rings is 1. The fourth-order valence-corrected chi connectivity index (χ4v) is 8.35. The number of sulfone groups is 1. The largest absolute Gasteiger partial charge is 0.368 e. The number of aromatic nitrogens is 5. The van der Waals surface area contributed by atoms with Gasteiger partial charge < -0.3 is 10.2 Å². The van der Waals surface area contributed by atoms with Crippen molar-refractivity contribution < 1.29 is 25.6 Å². The molecule has 0 saturated carbocycles. The Morgan fingerprint density at radius 3 is 2.44 bits per heavy atom. The summed E-state index contributed by atoms with van der Waals surface area (Å²) in [4.78, 5) is 19.2. The number of hydrogen-bond donors (Lipinski definition) is 2. The molecule has 1 aliphatic heterocycles. The molecule has 12 nitrogen and oxygen atoms in total. The second-order valence-corrected chi connectivity index (χ2v) is 15.5. The minimum atomic E-state index is -4.42. The van der Waals surface area contributed by atoms with E-state index in [1.54, 1.807) is 23.0 Å². The van der Waals surface area contributed by atoms with Crippen molar-refractivity contribution in [2.75, 3.05) is 39.5 Å². The van der Waals surface area contributed by atoms with Gasteiger partial charge >= 0.3 is 0 Å². The van der Waals surface area contributed by atoms with Gasteiger partial charge in [-0.2, -0.15) is 0 Å². The van der Waals surface area contributed by atoms with E-state index in [1.165, 1.54) is 24.5 Å². The lowest BCUT2D eigenvalue weighted by molar-refractivity contribution is 0.586. The third-order valence-electron chi connectivity index (χ3n) is 7.74. The monoisotopic (exact) mass is 730 g/mol. The van der Waals surface area contributed by atoms with E-state index in [9.17, 15) is 16.8 Å². The number of halogens is 4. The maximum Gasteiger partial charge on any atom is 0.263 e. The minimum absolute atomic E-state index is 0.0206. The van der Waals surface area contributed by atoms with E-state index in [-0.39, 0.29) is 32.9 Å². The molecule has 246 valence electrons. The van der Waals surface area contributed by atoms with E-state index in [0.29, 0.717) is 35.5 Å². The van der Waals surface area contributed by atoms with Gasteiger partial charge in [-0.1, -0.05) is 35.3 Å². The van der Waals surface area contributed by atoms with Crippen LogP contribution >= 0.6 is 23.2 Å². The second-order valence-electron chi connectivity index (χ2n) is 10.7. The first kappa shape index (κ1) is 31.9. The number of benzene rings is 3. The molecule has 6 aromatic rings. The number of anilines is 4. The van der Waals surface area contributed by atoms with Gasteiger partial charge in [-0.3, -0.25) is 9.29 Å². The van der Waals surface area contributed by atoms with Crippen LogP contribution in [0.15, 0.2) is 78.2 Å². The zero-order chi connectivity index (χ0) is 33.8. The standard InChI is InChI=1S/C30H22Cl2F2N8O4S2/c31-17-3-1-6-23(25(17)32)48(45,46)40-19-8-7-18(33)27(26(19)34)39-30-28-20(35-15-36-30)9-10-24(38-28)42-16-37-29-21(4-2-5-22(29)42)41-11-13-47(43,44)14-12-41/h1-10,15-16,40H,11-14H2,(H,35,36,39). The van der Waals surface area contributed by atoms with Crippen LogP contribution in [0.5, 0.6) is 0 Å². The van der Waals surface area contributed by atoms with E-state index < -0.39 is 47.8 Å². The molecular formula is C30H22Cl2F2N8O4S2. The van der Waals surface area contributed by atoms with Crippen molar-refractivity contribution in [3.05, 3.63) is 95.0 Å². The Balaban J connectivity index is 1.23. The zero-order valence-electron chi connectivity index (χ0n) is 24.4. The number of nitrogens with one attached hydrogen (secondary N) is 2. The van der Waals surface area contributed by atoms with Crippen LogP contribution in [-0.2, 0) is 19.9 Å². The lowest BCUT2D eigenvalue weighted by Gasteiger charge is -2.28. The molecule has 0 atom stereocenters. The van der Waals surface area contributed by atoms with Gasteiger partial charge in [0.2, 0.25) is 0 Å². The molecule has 1 fully saturated rings. The Morgan fingerprint density at radius 2 is 1.65 bits per heavy atom. The Morgan fingerprint density at radius 1 is 0.875 bits per heavy atom. The van der Waals surface area contributed by atoms with Crippen molar-refractivity contribution >= 4 is 88.0 Å². The summed E-state index contributed by atoms with van der Waals surface area (Å²) in [6, 6.07) is 14.7. The van der Waals surface area contributed by atoms with Crippen molar-refractivity contribution in [3.8, 4) is 5.82 Å². The lowest BCUT2D eigenvalue weighted by Crippen LogP contribution is -2.40. The molecular weight excluding hydrogens is 709 g/mol. The van der Waals surface area contributed by atoms with E-state index in [2.05, 4.69) is 30.0 Å². The summed E-state index contributed by atoms with van der Waals surface area (Å²) in [6.07, 6.45) is 2.76. The Hall–Kier alpha value is -4.64. The van der Waals surface area contributed by atoms with Crippen LogP contribution in [0.1, 0.15) is 0 Å². The molecule has 0 radical (unpaired) electrons. The molecule has 0 amide bonds. The molecule has 1 saturated heterocycles. The normalized spacial score (nSPS) is 14.8. The van der Waals surface area contributed by atoms with E-state index in [0.717, 1.165) is 17.8 Å². The van der Waals surface area contributed by atoms with Crippen LogP contribution in [-0.4, -0.2) is 65.9 Å². The number of nitrogens with zero attached hydrogens (tertiary/aromatic N) is 6. The molecule has 3 aromatic heterocycles. The minimum Gasteiger partial charge on any atom is -0.368 e. The smallest absolute Gasteiger partial charge is 0.263 e. The van der Waals surface area contributed by atoms with Crippen molar-refractivity contribution in [1.82, 2.24) is 24.5 Å². The van der Waals surface area contributed by atoms with Crippen molar-refractivity contribution in [2.45, 2.75) is 4.90 Å². The summed E-state index contributed by atoms with van der Waals surface area (Å²) in [5.74, 6) is -1.84. The van der Waals surface area contributed by atoms with Crippen LogP contribution in [0, 0.1) is 11.6 Å². The molecule has 0 unspecified atom stereocenters. The van der Waals surface area contributed by atoms with Crippen molar-refractivity contribution in [2.24, 2.45) is 0 Å². The van der Waals surface area contributed by atoms with Gasteiger partial charge in [0, 0.05) is 13.1 Å². The highest BCUT2D eigenvalue weighted by molar-refractivity contribution is 7.93. The SMILES string of the molecule is O=S1(=O)CCN(c2cccc3c2ncn3-c2ccc3ncnc(Nc4c(F)ccc(NS(=O)(=O)c5cccc(Cl)c5Cl)c4F)c3n2)CC1. The summed E-state index contributed by atoms with van der Waals surface area (Å²) in [5, 5.41) is 2.33. The van der Waals surface area contributed by atoms with Crippen LogP contribution in [0.25, 0.3) is 27.9 Å². The van der Waals surface area contributed by atoms with Gasteiger partial charge in [0.1, 0.15) is 45.9 Å². The summed E-state index contributed by atoms with van der Waals surface area (Å²) in [7, 11) is -7.50. The lowest BCUT2D eigenvalue weighted by atomic mass is 10.2. The summed E-state index contributed by atoms with van der Waals surface area (Å²) in [6.45, 7) is 0.693. The first-order chi connectivity index (χ1) is 22.9. The van der Waals surface area contributed by atoms with Crippen molar-refractivity contribution in [3.63, 3.8) is 0 Å². The van der Waals surface area contributed by atoms with Gasteiger partial charge in [0.25, 0.3) is 10.0 Å². The van der Waals surface area contributed by atoms with Gasteiger partial charge in [-0.05, 0) is 48.5 Å². The van der Waals surface area contributed by atoms with Crippen LogP contribution in [0.2, 0.25) is 10.0 Å². The number of sulfonamides is 1. The van der Waals surface area contributed by atoms with Gasteiger partial charge in [0.15, 0.2) is 21.5 Å². The molecule has 0 bridgehead atoms. The predicted molar refractivity (Wildman–Crippen MR) is 180 cm³/mol. The number of rotatable bonds is 7. The Kier molecular flexibility index (Phi) is 8.06. The number of fused-ring (bicyclic) bond motifs is 2. The molecule has 48 heavy (non-hydrogen) atoms. The Bertz CT molecular complexity index is 2470. The molecule has 2 N–H and O–H groups in total. The molecule has 7 rings (SSSR count). The highest BCUT2D eigenvalue weighted by Gasteiger charge is 2.26. The van der Waals surface area contributed by atoms with E-state index in [1.807, 2.05) is 23.1 Å². The first-order valence-electron chi connectivity index (χ1n) is 14.2. The van der Waals surface area contributed by atoms with Gasteiger partial charge in [-0.15, -0.1) is 0 Å². The molecule has 0 aliphatic carbocycles. The van der Waals surface area contributed by atoms with Gasteiger partial charge in [0.05, 0.1) is 44.0 Å². The van der Waals surface area contributed by atoms with Crippen LogP contribution < -0.4 is 14.9 Å². The molecule has 4 heterocycles. The summed E-state index contributed by atoms with van der Waals surface area (Å²) in [5.41, 5.74) is 1.37. The third kappa shape index (κ3) is 5.85. The van der Waals surface area contributed by atoms with Gasteiger partial charge in [-0.25, -0.2) is 45.6 Å². The first-order valence-corrected chi connectivity index (χ1v) is 18.2. The quantitative estimate of drug-likeness (QED) is 0.208. The van der Waals surface area contributed by atoms with E-state index in [4.69, 9.17) is 23.2 Å². The van der Waals surface area contributed by atoms with Crippen LogP contribution in [0.3, 0.4) is 0 Å². The molecule has 0 spiro atoms. The summed E-state index contributed by atoms with van der Waals surface area (Å²) < 4.78 is 84.6. The number of para-hydroxylation sites is 1. The second kappa shape index (κ2) is 12.1. The summed E-state index contributed by atoms with van der Waals surface area (Å²) >= 11 is 12.0. The van der Waals surface area contributed by atoms with E-state index >= 15 is 8.78 Å². The van der Waals surface area contributed by atoms with Crippen LogP contribution in [0.4, 0.5) is 31.7 Å². The average molecular weight is 732 g/mol. The van der Waals surface area contributed by atoms with Crippen molar-refractivity contribution in [1.29, 1.82) is 0 Å². The maximum absolute atomic E-state index is 15.8. The number of pyridine rings is 1. The molecule has 1 aliphatic rings. The Labute approximate surface area is 282 Å². The molecule has 3 aromatic carbocycles. The topological polar surface area (TPSA) is 152 Å². The molecule has 18 heteroatoms. The fraction of sp³-hybridized carbons (Fsp3) is 0.133. The zero-order valence-corrected chi connectivity index (χ0v) is 27.5. The highest BCUT2D eigenvalue weighted by atomic mass is 35.5. The predicted octanol–water partition coefficient (Wildman–Crippen LogP) is 5.73.